The maximum atomic E-state index is 13.0. The van der Waals surface area contributed by atoms with Crippen molar-refractivity contribution in [2.75, 3.05) is 18.2 Å². The topological polar surface area (TPSA) is 93.2 Å². The highest BCUT2D eigenvalue weighted by Gasteiger charge is 2.27. The summed E-state index contributed by atoms with van der Waals surface area (Å²) in [5.41, 5.74) is 0.854. The van der Waals surface area contributed by atoms with Gasteiger partial charge in [-0.2, -0.15) is 0 Å². The second kappa shape index (κ2) is 11.6. The minimum Gasteiger partial charge on any atom is -0.497 e. The van der Waals surface area contributed by atoms with Crippen LogP contribution in [0.3, 0.4) is 0 Å². The maximum Gasteiger partial charge on any atom is 0.249 e. The Hall–Kier alpha value is -2.91. The molecule has 0 radical (unpaired) electrons. The lowest BCUT2D eigenvalue weighted by molar-refractivity contribution is -0.126. The van der Waals surface area contributed by atoms with Gasteiger partial charge >= 0.3 is 0 Å². The van der Waals surface area contributed by atoms with Crippen molar-refractivity contribution in [1.29, 1.82) is 0 Å². The zero-order valence-corrected chi connectivity index (χ0v) is 19.8. The molecule has 0 aliphatic rings. The number of hydrogen-bond acceptors (Lipinski definition) is 7. The van der Waals surface area contributed by atoms with E-state index in [1.807, 2.05) is 68.4 Å². The molecule has 1 heterocycles. The van der Waals surface area contributed by atoms with Gasteiger partial charge in [0.2, 0.25) is 16.9 Å². The lowest BCUT2D eigenvalue weighted by Gasteiger charge is -2.22. The van der Waals surface area contributed by atoms with Crippen LogP contribution in [0, 0.1) is 5.92 Å². The molecule has 0 aliphatic heterocycles. The molecule has 2 unspecified atom stereocenters. The van der Waals surface area contributed by atoms with Crippen LogP contribution < -0.4 is 15.4 Å². The normalized spacial score (nSPS) is 12.6. The standard InChI is InChI=1S/C23H26N4O3S2/c1-4-15(2)20(24-19(28)14-31-18-11-6-5-7-12-18)21(29)25-23-27-26-22(32-23)16-9-8-10-17(13-16)30-3/h5-13,15,20H,4,14H2,1-3H3,(H,24,28)(H,25,27,29). The van der Waals surface area contributed by atoms with Crippen molar-refractivity contribution in [2.45, 2.75) is 31.2 Å². The third-order valence-corrected chi connectivity index (χ3v) is 6.80. The lowest BCUT2D eigenvalue weighted by atomic mass is 9.98. The van der Waals surface area contributed by atoms with Gasteiger partial charge in [-0.1, -0.05) is 61.9 Å². The molecule has 9 heteroatoms. The van der Waals surface area contributed by atoms with E-state index in [4.69, 9.17) is 4.74 Å². The summed E-state index contributed by atoms with van der Waals surface area (Å²) >= 11 is 2.71. The number of methoxy groups -OCH3 is 1. The number of rotatable bonds is 10. The van der Waals surface area contributed by atoms with Gasteiger partial charge in [0, 0.05) is 10.5 Å². The van der Waals surface area contributed by atoms with Crippen LogP contribution in [0.5, 0.6) is 5.75 Å². The molecule has 0 bridgehead atoms. The number of carbonyl (C=O) groups excluding carboxylic acids is 2. The molecular formula is C23H26N4O3S2. The summed E-state index contributed by atoms with van der Waals surface area (Å²) in [5, 5.41) is 15.0. The molecule has 2 N–H and O–H groups in total. The van der Waals surface area contributed by atoms with Gasteiger partial charge in [-0.15, -0.1) is 22.0 Å². The van der Waals surface area contributed by atoms with Crippen molar-refractivity contribution in [1.82, 2.24) is 15.5 Å². The number of hydrogen-bond donors (Lipinski definition) is 2. The van der Waals surface area contributed by atoms with Crippen molar-refractivity contribution >= 4 is 40.0 Å². The third kappa shape index (κ3) is 6.54. The lowest BCUT2D eigenvalue weighted by Crippen LogP contribution is -2.48. The fourth-order valence-corrected chi connectivity index (χ4v) is 4.39. The molecule has 2 aromatic carbocycles. The summed E-state index contributed by atoms with van der Waals surface area (Å²) in [6.07, 6.45) is 0.745. The van der Waals surface area contributed by atoms with Crippen LogP contribution in [0.15, 0.2) is 59.5 Å². The van der Waals surface area contributed by atoms with E-state index in [1.165, 1.54) is 23.1 Å². The summed E-state index contributed by atoms with van der Waals surface area (Å²) in [7, 11) is 1.60. The van der Waals surface area contributed by atoms with E-state index < -0.39 is 6.04 Å². The Morgan fingerprint density at radius 3 is 2.62 bits per heavy atom. The van der Waals surface area contributed by atoms with Gasteiger partial charge in [0.15, 0.2) is 0 Å². The van der Waals surface area contributed by atoms with Crippen LogP contribution in [0.25, 0.3) is 10.6 Å². The van der Waals surface area contributed by atoms with Crippen LogP contribution in [-0.4, -0.2) is 40.9 Å². The Morgan fingerprint density at radius 2 is 1.91 bits per heavy atom. The fourth-order valence-electron chi connectivity index (χ4n) is 2.91. The summed E-state index contributed by atoms with van der Waals surface area (Å²) in [6, 6.07) is 16.5. The Balaban J connectivity index is 1.63. The largest absolute Gasteiger partial charge is 0.497 e. The average molecular weight is 471 g/mol. The van der Waals surface area contributed by atoms with Crippen molar-refractivity contribution in [2.24, 2.45) is 5.92 Å². The maximum absolute atomic E-state index is 13.0. The molecule has 0 fully saturated rings. The minimum absolute atomic E-state index is 0.0357. The van der Waals surface area contributed by atoms with E-state index in [2.05, 4.69) is 20.8 Å². The van der Waals surface area contributed by atoms with Gasteiger partial charge in [-0.3, -0.25) is 14.9 Å². The van der Waals surface area contributed by atoms with Crippen LogP contribution in [-0.2, 0) is 9.59 Å². The number of thioether (sulfide) groups is 1. The Labute approximate surface area is 196 Å². The number of anilines is 1. The Bertz CT molecular complexity index is 1040. The van der Waals surface area contributed by atoms with E-state index in [0.717, 1.165) is 22.6 Å². The second-order valence-electron chi connectivity index (χ2n) is 7.17. The molecule has 0 saturated heterocycles. The SMILES string of the molecule is CCC(C)C(NC(=O)CSc1ccccc1)C(=O)Nc1nnc(-c2cccc(OC)c2)s1. The van der Waals surface area contributed by atoms with Crippen molar-refractivity contribution < 1.29 is 14.3 Å². The van der Waals surface area contributed by atoms with Gasteiger partial charge in [0.05, 0.1) is 12.9 Å². The van der Waals surface area contributed by atoms with Gasteiger partial charge in [-0.25, -0.2) is 0 Å². The van der Waals surface area contributed by atoms with Crippen LogP contribution in [0.1, 0.15) is 20.3 Å². The predicted octanol–water partition coefficient (Wildman–Crippen LogP) is 4.48. The molecule has 2 amide bonds. The molecule has 2 atom stereocenters. The molecular weight excluding hydrogens is 444 g/mol. The zero-order chi connectivity index (χ0) is 22.9. The molecule has 0 spiro atoms. The number of aromatic nitrogens is 2. The smallest absolute Gasteiger partial charge is 0.249 e. The van der Waals surface area contributed by atoms with Gasteiger partial charge in [0.25, 0.3) is 0 Å². The average Bonchev–Trinajstić information content (AvgIpc) is 3.29. The molecule has 3 rings (SSSR count). The summed E-state index contributed by atoms with van der Waals surface area (Å²) in [6.45, 7) is 3.93. The summed E-state index contributed by atoms with van der Waals surface area (Å²) in [5.74, 6) is 0.435. The first kappa shape index (κ1) is 23.7. The van der Waals surface area contributed by atoms with E-state index in [0.29, 0.717) is 10.1 Å². The number of carbonyl (C=O) groups is 2. The molecule has 0 aliphatic carbocycles. The molecule has 168 valence electrons. The minimum atomic E-state index is -0.659. The number of amides is 2. The molecule has 3 aromatic rings. The predicted molar refractivity (Wildman–Crippen MR) is 129 cm³/mol. The zero-order valence-electron chi connectivity index (χ0n) is 18.2. The highest BCUT2D eigenvalue weighted by molar-refractivity contribution is 8.00. The fraction of sp³-hybridized carbons (Fsp3) is 0.304. The van der Waals surface area contributed by atoms with Crippen molar-refractivity contribution in [3.8, 4) is 16.3 Å². The van der Waals surface area contributed by atoms with E-state index >= 15 is 0 Å². The highest BCUT2D eigenvalue weighted by Crippen LogP contribution is 2.29. The highest BCUT2D eigenvalue weighted by atomic mass is 32.2. The molecule has 32 heavy (non-hydrogen) atoms. The van der Waals surface area contributed by atoms with Gasteiger partial charge in [0.1, 0.15) is 16.8 Å². The summed E-state index contributed by atoms with van der Waals surface area (Å²) < 4.78 is 5.25. The van der Waals surface area contributed by atoms with E-state index in [1.54, 1.807) is 7.11 Å². The first-order valence-electron chi connectivity index (χ1n) is 10.3. The summed E-state index contributed by atoms with van der Waals surface area (Å²) in [4.78, 5) is 26.5. The van der Waals surface area contributed by atoms with Crippen LogP contribution in [0.2, 0.25) is 0 Å². The van der Waals surface area contributed by atoms with Crippen molar-refractivity contribution in [3.63, 3.8) is 0 Å². The number of nitrogens with one attached hydrogen (secondary N) is 2. The Morgan fingerprint density at radius 1 is 1.12 bits per heavy atom. The second-order valence-corrected chi connectivity index (χ2v) is 9.19. The first-order chi connectivity index (χ1) is 15.5. The number of ether oxygens (including phenoxy) is 1. The van der Waals surface area contributed by atoms with Crippen LogP contribution >= 0.6 is 23.1 Å². The van der Waals surface area contributed by atoms with E-state index in [-0.39, 0.29) is 23.5 Å². The van der Waals surface area contributed by atoms with E-state index in [9.17, 15) is 9.59 Å². The van der Waals surface area contributed by atoms with Gasteiger partial charge < -0.3 is 10.1 Å². The quantitative estimate of drug-likeness (QED) is 0.425. The molecule has 0 saturated carbocycles. The number of benzene rings is 2. The molecule has 7 nitrogen and oxygen atoms in total. The van der Waals surface area contributed by atoms with Crippen molar-refractivity contribution in [3.05, 3.63) is 54.6 Å². The number of nitrogens with zero attached hydrogens (tertiary/aromatic N) is 2. The van der Waals surface area contributed by atoms with Crippen LogP contribution in [0.4, 0.5) is 5.13 Å². The third-order valence-electron chi connectivity index (χ3n) is 4.90. The first-order valence-corrected chi connectivity index (χ1v) is 12.1. The molecule has 1 aromatic heterocycles. The Kier molecular flexibility index (Phi) is 8.64. The monoisotopic (exact) mass is 470 g/mol. The van der Waals surface area contributed by atoms with Gasteiger partial charge in [-0.05, 0) is 30.2 Å².